The number of ether oxygens (including phenoxy) is 2. The number of hydrogen-bond acceptors (Lipinski definition) is 4. The molecule has 6 nitrogen and oxygen atoms in total. The SMILES string of the molecule is C=C(C)C=Cc1c(C)nn(C)c1Oc1cc(O[C@@H](C)C(=O)O)c(Cl)cc1Cl. The van der Waals surface area contributed by atoms with E-state index in [1.165, 1.54) is 19.1 Å². The molecule has 1 aromatic heterocycles. The quantitative estimate of drug-likeness (QED) is 0.629. The van der Waals surface area contributed by atoms with Gasteiger partial charge in [-0.05, 0) is 32.9 Å². The molecule has 0 fully saturated rings. The van der Waals surface area contributed by atoms with Gasteiger partial charge in [0.2, 0.25) is 5.88 Å². The minimum atomic E-state index is -1.11. The van der Waals surface area contributed by atoms with Gasteiger partial charge in [-0.1, -0.05) is 41.4 Å². The zero-order valence-corrected chi connectivity index (χ0v) is 16.9. The van der Waals surface area contributed by atoms with E-state index in [1.807, 2.05) is 26.0 Å². The molecular formula is C19H20Cl2N2O4. The Morgan fingerprint density at radius 1 is 1.33 bits per heavy atom. The molecule has 0 unspecified atom stereocenters. The molecule has 0 aliphatic carbocycles. The Morgan fingerprint density at radius 3 is 2.56 bits per heavy atom. The summed E-state index contributed by atoms with van der Waals surface area (Å²) in [6.07, 6.45) is 2.63. The van der Waals surface area contributed by atoms with Crippen LogP contribution in [0.15, 0.2) is 30.4 Å². The fourth-order valence-corrected chi connectivity index (χ4v) is 2.68. The number of carboxylic acids is 1. The fraction of sp³-hybridized carbons (Fsp3) is 0.263. The number of rotatable bonds is 7. The van der Waals surface area contributed by atoms with Gasteiger partial charge < -0.3 is 14.6 Å². The smallest absolute Gasteiger partial charge is 0.344 e. The first-order valence-corrected chi connectivity index (χ1v) is 8.79. The van der Waals surface area contributed by atoms with Crippen molar-refractivity contribution in [3.05, 3.63) is 51.7 Å². The lowest BCUT2D eigenvalue weighted by atomic mass is 10.2. The van der Waals surface area contributed by atoms with Gasteiger partial charge in [-0.15, -0.1) is 0 Å². The van der Waals surface area contributed by atoms with Crippen LogP contribution in [0.4, 0.5) is 0 Å². The van der Waals surface area contributed by atoms with Crippen molar-refractivity contribution in [1.82, 2.24) is 9.78 Å². The van der Waals surface area contributed by atoms with Crippen LogP contribution >= 0.6 is 23.2 Å². The standard InChI is InChI=1S/C19H20Cl2N2O4/c1-10(2)6-7-13-11(3)22-23(5)18(13)27-17-9-16(14(20)8-15(17)21)26-12(4)19(24)25/h6-9,12H,1H2,2-5H3,(H,24,25)/t12-/m0/s1. The number of nitrogens with zero attached hydrogens (tertiary/aromatic N) is 2. The number of aromatic nitrogens is 2. The monoisotopic (exact) mass is 410 g/mol. The molecular weight excluding hydrogens is 391 g/mol. The van der Waals surface area contributed by atoms with Gasteiger partial charge in [0.15, 0.2) is 11.9 Å². The van der Waals surface area contributed by atoms with Crippen LogP contribution in [0.3, 0.4) is 0 Å². The molecule has 0 saturated carbocycles. The predicted molar refractivity (Wildman–Crippen MR) is 106 cm³/mol. The van der Waals surface area contributed by atoms with Crippen molar-refractivity contribution in [2.24, 2.45) is 7.05 Å². The molecule has 144 valence electrons. The van der Waals surface area contributed by atoms with E-state index in [-0.39, 0.29) is 21.5 Å². The molecule has 0 spiro atoms. The fourth-order valence-electron chi connectivity index (χ4n) is 2.22. The number of aryl methyl sites for hydroxylation is 2. The van der Waals surface area contributed by atoms with Crippen molar-refractivity contribution in [2.45, 2.75) is 26.9 Å². The van der Waals surface area contributed by atoms with Gasteiger partial charge in [0.05, 0.1) is 21.3 Å². The van der Waals surface area contributed by atoms with Gasteiger partial charge in [-0.3, -0.25) is 0 Å². The molecule has 27 heavy (non-hydrogen) atoms. The molecule has 0 saturated heterocycles. The zero-order valence-electron chi connectivity index (χ0n) is 15.4. The lowest BCUT2D eigenvalue weighted by Crippen LogP contribution is -2.23. The van der Waals surface area contributed by atoms with Crippen LogP contribution in [-0.2, 0) is 11.8 Å². The number of carbonyl (C=O) groups is 1. The van der Waals surface area contributed by atoms with Crippen molar-refractivity contribution in [3.63, 3.8) is 0 Å². The Bertz CT molecular complexity index is 919. The summed E-state index contributed by atoms with van der Waals surface area (Å²) in [7, 11) is 1.74. The summed E-state index contributed by atoms with van der Waals surface area (Å²) < 4.78 is 12.9. The Hall–Kier alpha value is -2.44. The Kier molecular flexibility index (Phi) is 6.57. The number of aliphatic carboxylic acids is 1. The maximum absolute atomic E-state index is 11.0. The molecule has 0 aliphatic rings. The topological polar surface area (TPSA) is 73.6 Å². The first kappa shape index (κ1) is 20.9. The minimum Gasteiger partial charge on any atom is -0.479 e. The first-order valence-electron chi connectivity index (χ1n) is 8.03. The third kappa shape index (κ3) is 5.05. The van der Waals surface area contributed by atoms with Gasteiger partial charge in [0.25, 0.3) is 0 Å². The predicted octanol–water partition coefficient (Wildman–Crippen LogP) is 5.27. The number of hydrogen-bond donors (Lipinski definition) is 1. The van der Waals surface area contributed by atoms with E-state index >= 15 is 0 Å². The third-order valence-electron chi connectivity index (χ3n) is 3.59. The molecule has 8 heteroatoms. The summed E-state index contributed by atoms with van der Waals surface area (Å²) in [6.45, 7) is 8.98. The number of benzene rings is 1. The highest BCUT2D eigenvalue weighted by molar-refractivity contribution is 6.36. The number of halogens is 2. The second-order valence-electron chi connectivity index (χ2n) is 6.02. The molecule has 0 radical (unpaired) electrons. The lowest BCUT2D eigenvalue weighted by Gasteiger charge is -2.15. The van der Waals surface area contributed by atoms with Crippen LogP contribution < -0.4 is 9.47 Å². The Morgan fingerprint density at radius 2 is 1.96 bits per heavy atom. The maximum Gasteiger partial charge on any atom is 0.344 e. The molecule has 0 bridgehead atoms. The first-order chi connectivity index (χ1) is 12.6. The van der Waals surface area contributed by atoms with Crippen LogP contribution in [0, 0.1) is 6.92 Å². The normalized spacial score (nSPS) is 12.2. The second kappa shape index (κ2) is 8.50. The summed E-state index contributed by atoms with van der Waals surface area (Å²) >= 11 is 12.4. The Labute approximate surface area is 167 Å². The molecule has 1 N–H and O–H groups in total. The van der Waals surface area contributed by atoms with E-state index in [9.17, 15) is 4.79 Å². The van der Waals surface area contributed by atoms with Gasteiger partial charge >= 0.3 is 5.97 Å². The molecule has 1 heterocycles. The molecule has 1 atom stereocenters. The highest BCUT2D eigenvalue weighted by Crippen LogP contribution is 2.39. The Balaban J connectivity index is 2.43. The molecule has 2 rings (SSSR count). The van der Waals surface area contributed by atoms with Crippen LogP contribution in [-0.4, -0.2) is 27.0 Å². The minimum absolute atomic E-state index is 0.156. The van der Waals surface area contributed by atoms with Gasteiger partial charge in [0, 0.05) is 13.1 Å². The molecule has 0 amide bonds. The summed E-state index contributed by atoms with van der Waals surface area (Å²) in [4.78, 5) is 11.0. The number of carboxylic acid groups (broad SMARTS) is 1. The summed E-state index contributed by atoms with van der Waals surface area (Å²) in [6, 6.07) is 2.90. The van der Waals surface area contributed by atoms with Crippen LogP contribution in [0.1, 0.15) is 25.1 Å². The zero-order chi connectivity index (χ0) is 20.3. The number of allylic oxidation sites excluding steroid dienone is 2. The van der Waals surface area contributed by atoms with Crippen molar-refractivity contribution >= 4 is 35.2 Å². The summed E-state index contributed by atoms with van der Waals surface area (Å²) in [5.41, 5.74) is 2.42. The van der Waals surface area contributed by atoms with Gasteiger partial charge in [0.1, 0.15) is 5.75 Å². The average molecular weight is 411 g/mol. The van der Waals surface area contributed by atoms with E-state index in [0.29, 0.717) is 5.88 Å². The van der Waals surface area contributed by atoms with E-state index < -0.39 is 12.1 Å². The molecule has 1 aromatic carbocycles. The summed E-state index contributed by atoms with van der Waals surface area (Å²) in [5.74, 6) is -0.227. The average Bonchev–Trinajstić information content (AvgIpc) is 2.82. The highest BCUT2D eigenvalue weighted by atomic mass is 35.5. The van der Waals surface area contributed by atoms with Gasteiger partial charge in [-0.2, -0.15) is 5.10 Å². The second-order valence-corrected chi connectivity index (χ2v) is 6.84. The van der Waals surface area contributed by atoms with Crippen molar-refractivity contribution in [2.75, 3.05) is 0 Å². The molecule has 2 aromatic rings. The summed E-state index contributed by atoms with van der Waals surface area (Å²) in [5, 5.41) is 13.8. The van der Waals surface area contributed by atoms with Gasteiger partial charge in [-0.25, -0.2) is 9.48 Å². The lowest BCUT2D eigenvalue weighted by molar-refractivity contribution is -0.144. The van der Waals surface area contributed by atoms with E-state index in [4.69, 9.17) is 37.8 Å². The van der Waals surface area contributed by atoms with E-state index in [0.717, 1.165) is 16.8 Å². The van der Waals surface area contributed by atoms with Crippen LogP contribution in [0.2, 0.25) is 10.0 Å². The van der Waals surface area contributed by atoms with E-state index in [1.54, 1.807) is 11.7 Å². The van der Waals surface area contributed by atoms with E-state index in [2.05, 4.69) is 11.7 Å². The largest absolute Gasteiger partial charge is 0.479 e. The highest BCUT2D eigenvalue weighted by Gasteiger charge is 2.19. The molecule has 0 aliphatic heterocycles. The van der Waals surface area contributed by atoms with Crippen LogP contribution in [0.5, 0.6) is 17.4 Å². The maximum atomic E-state index is 11.0. The van der Waals surface area contributed by atoms with Crippen molar-refractivity contribution in [3.8, 4) is 17.4 Å². The van der Waals surface area contributed by atoms with Crippen molar-refractivity contribution in [1.29, 1.82) is 0 Å². The third-order valence-corrected chi connectivity index (χ3v) is 4.18. The van der Waals surface area contributed by atoms with Crippen molar-refractivity contribution < 1.29 is 19.4 Å². The van der Waals surface area contributed by atoms with Crippen LogP contribution in [0.25, 0.3) is 6.08 Å².